The van der Waals surface area contributed by atoms with Gasteiger partial charge in [0, 0.05) is 0 Å². The third-order valence-corrected chi connectivity index (χ3v) is 6.26. The van der Waals surface area contributed by atoms with Crippen LogP contribution in [0.25, 0.3) is 0 Å². The average molecular weight is 459 g/mol. The Kier molecular flexibility index (Phi) is 7.58. The number of amides is 2. The molecule has 32 heavy (non-hydrogen) atoms. The van der Waals surface area contributed by atoms with E-state index in [1.54, 1.807) is 24.3 Å². The molecule has 5 nitrogen and oxygen atoms in total. The van der Waals surface area contributed by atoms with Gasteiger partial charge in [-0.25, -0.2) is 26.7 Å². The predicted octanol–water partition coefficient (Wildman–Crippen LogP) is 4.49. The molecule has 3 aromatic rings. The van der Waals surface area contributed by atoms with E-state index in [9.17, 15) is 22.0 Å². The molecule has 3 aromatic carbocycles. The van der Waals surface area contributed by atoms with Crippen LogP contribution >= 0.6 is 0 Å². The largest absolute Gasteiger partial charge is 0.329 e. The van der Waals surface area contributed by atoms with E-state index in [1.165, 1.54) is 36.4 Å². The van der Waals surface area contributed by atoms with Gasteiger partial charge < -0.3 is 5.32 Å². The molecule has 0 fully saturated rings. The molecule has 0 radical (unpaired) electrons. The minimum Gasteiger partial charge on any atom is -0.326 e. The summed E-state index contributed by atoms with van der Waals surface area (Å²) < 4.78 is 54.2. The number of sulfonamides is 1. The van der Waals surface area contributed by atoms with Crippen LogP contribution in [-0.4, -0.2) is 20.2 Å². The summed E-state index contributed by atoms with van der Waals surface area (Å²) in [7, 11) is -4.03. The molecule has 0 aliphatic heterocycles. The average Bonchev–Trinajstić information content (AvgIpc) is 2.77. The van der Waals surface area contributed by atoms with Crippen LogP contribution in [0.15, 0.2) is 72.8 Å². The van der Waals surface area contributed by atoms with E-state index >= 15 is 0 Å². The third-order valence-electron chi connectivity index (χ3n) is 5.02. The molecule has 0 aliphatic rings. The van der Waals surface area contributed by atoms with Crippen LogP contribution in [-0.2, 0) is 22.9 Å². The van der Waals surface area contributed by atoms with Crippen molar-refractivity contribution in [2.75, 3.05) is 5.75 Å². The highest BCUT2D eigenvalue weighted by molar-refractivity contribution is 7.90. The molecule has 3 rings (SSSR count). The number of benzene rings is 3. The van der Waals surface area contributed by atoms with Crippen molar-refractivity contribution in [3.05, 3.63) is 107 Å². The second-order valence-electron chi connectivity index (χ2n) is 7.32. The SMILES string of the molecule is CCc1ccc(C(NC(=O)NS(=O)(=O)CCc2ccccc2F)c2cccc(F)c2)cc1. The number of urea groups is 1. The minimum atomic E-state index is -4.03. The molecule has 0 aromatic heterocycles. The quantitative estimate of drug-likeness (QED) is 0.522. The summed E-state index contributed by atoms with van der Waals surface area (Å²) in [5, 5.41) is 2.61. The molecule has 0 heterocycles. The van der Waals surface area contributed by atoms with Crippen molar-refractivity contribution in [2.24, 2.45) is 0 Å². The lowest BCUT2D eigenvalue weighted by Gasteiger charge is -2.20. The van der Waals surface area contributed by atoms with Crippen molar-refractivity contribution >= 4 is 16.1 Å². The van der Waals surface area contributed by atoms with E-state index in [0.29, 0.717) is 11.1 Å². The minimum absolute atomic E-state index is 0.0823. The normalized spacial score (nSPS) is 12.2. The zero-order chi connectivity index (χ0) is 23.1. The Labute approximate surface area is 186 Å². The molecule has 0 aliphatic carbocycles. The van der Waals surface area contributed by atoms with Gasteiger partial charge in [0.1, 0.15) is 11.6 Å². The van der Waals surface area contributed by atoms with Crippen LogP contribution in [0.1, 0.15) is 35.2 Å². The zero-order valence-corrected chi connectivity index (χ0v) is 18.3. The maximum atomic E-state index is 13.8. The molecular weight excluding hydrogens is 434 g/mol. The van der Waals surface area contributed by atoms with Gasteiger partial charge in [-0.05, 0) is 53.3 Å². The molecule has 0 saturated carbocycles. The van der Waals surface area contributed by atoms with E-state index in [0.717, 1.165) is 12.0 Å². The van der Waals surface area contributed by atoms with Crippen molar-refractivity contribution < 1.29 is 22.0 Å². The number of aryl methyl sites for hydroxylation is 2. The van der Waals surface area contributed by atoms with Gasteiger partial charge in [0.2, 0.25) is 10.0 Å². The Morgan fingerprint density at radius 2 is 1.66 bits per heavy atom. The van der Waals surface area contributed by atoms with Crippen LogP contribution in [0, 0.1) is 11.6 Å². The summed E-state index contributed by atoms with van der Waals surface area (Å²) in [5.74, 6) is -1.44. The lowest BCUT2D eigenvalue weighted by Crippen LogP contribution is -2.42. The molecule has 168 valence electrons. The van der Waals surface area contributed by atoms with Crippen molar-refractivity contribution in [1.82, 2.24) is 10.0 Å². The first-order chi connectivity index (χ1) is 15.3. The van der Waals surface area contributed by atoms with Gasteiger partial charge in [-0.3, -0.25) is 0 Å². The monoisotopic (exact) mass is 458 g/mol. The van der Waals surface area contributed by atoms with E-state index in [2.05, 4.69) is 5.32 Å². The van der Waals surface area contributed by atoms with Crippen LogP contribution in [0.4, 0.5) is 13.6 Å². The van der Waals surface area contributed by atoms with Gasteiger partial charge in [0.15, 0.2) is 0 Å². The van der Waals surface area contributed by atoms with Crippen LogP contribution in [0.3, 0.4) is 0 Å². The molecule has 0 saturated heterocycles. The van der Waals surface area contributed by atoms with Crippen molar-refractivity contribution in [1.29, 1.82) is 0 Å². The van der Waals surface area contributed by atoms with Gasteiger partial charge in [-0.1, -0.05) is 61.5 Å². The summed E-state index contributed by atoms with van der Waals surface area (Å²) in [5.41, 5.74) is 2.47. The second-order valence-corrected chi connectivity index (χ2v) is 9.16. The van der Waals surface area contributed by atoms with Gasteiger partial charge >= 0.3 is 6.03 Å². The van der Waals surface area contributed by atoms with Crippen molar-refractivity contribution in [3.63, 3.8) is 0 Å². The highest BCUT2D eigenvalue weighted by atomic mass is 32.2. The molecule has 2 N–H and O–H groups in total. The van der Waals surface area contributed by atoms with E-state index in [1.807, 2.05) is 23.8 Å². The summed E-state index contributed by atoms with van der Waals surface area (Å²) in [4.78, 5) is 12.5. The van der Waals surface area contributed by atoms with E-state index < -0.39 is 39.5 Å². The first-order valence-corrected chi connectivity index (χ1v) is 11.8. The number of hydrogen-bond acceptors (Lipinski definition) is 3. The number of carbonyl (C=O) groups is 1. The van der Waals surface area contributed by atoms with Crippen LogP contribution < -0.4 is 10.0 Å². The Morgan fingerprint density at radius 3 is 2.31 bits per heavy atom. The van der Waals surface area contributed by atoms with Gasteiger partial charge in [0.25, 0.3) is 0 Å². The molecule has 0 spiro atoms. The summed E-state index contributed by atoms with van der Waals surface area (Å²) >= 11 is 0. The standard InChI is InChI=1S/C24H24F2N2O3S/c1-2-17-10-12-19(13-11-17)23(20-7-5-8-21(25)16-20)27-24(29)28-32(30,31)15-14-18-6-3-4-9-22(18)26/h3-13,16,23H,2,14-15H2,1H3,(H2,27,28,29). The highest BCUT2D eigenvalue weighted by Crippen LogP contribution is 2.23. The number of nitrogens with one attached hydrogen (secondary N) is 2. The Hall–Kier alpha value is -3.26. The van der Waals surface area contributed by atoms with Gasteiger partial charge in [-0.15, -0.1) is 0 Å². The third kappa shape index (κ3) is 6.37. The summed E-state index contributed by atoms with van der Waals surface area (Å²) in [6, 6.07) is 17.3. The summed E-state index contributed by atoms with van der Waals surface area (Å²) in [6.45, 7) is 2.01. The number of halogens is 2. The first-order valence-electron chi connectivity index (χ1n) is 10.2. The van der Waals surface area contributed by atoms with Crippen LogP contribution in [0.2, 0.25) is 0 Å². The van der Waals surface area contributed by atoms with E-state index in [-0.39, 0.29) is 12.0 Å². The molecule has 8 heteroatoms. The smallest absolute Gasteiger partial charge is 0.326 e. The fraction of sp³-hybridized carbons (Fsp3) is 0.208. The lowest BCUT2D eigenvalue weighted by molar-refractivity contribution is 0.243. The molecule has 0 bridgehead atoms. The first kappa shape index (κ1) is 23.4. The zero-order valence-electron chi connectivity index (χ0n) is 17.5. The molecule has 1 atom stereocenters. The predicted molar refractivity (Wildman–Crippen MR) is 120 cm³/mol. The Balaban J connectivity index is 1.74. The van der Waals surface area contributed by atoms with Gasteiger partial charge in [-0.2, -0.15) is 0 Å². The number of carbonyl (C=O) groups excluding carboxylic acids is 1. The Morgan fingerprint density at radius 1 is 0.938 bits per heavy atom. The maximum Gasteiger partial charge on any atom is 0.329 e. The highest BCUT2D eigenvalue weighted by Gasteiger charge is 2.21. The Bertz CT molecular complexity index is 1180. The van der Waals surface area contributed by atoms with E-state index in [4.69, 9.17) is 0 Å². The molecule has 1 unspecified atom stereocenters. The number of hydrogen-bond donors (Lipinski definition) is 2. The van der Waals surface area contributed by atoms with Crippen LogP contribution in [0.5, 0.6) is 0 Å². The fourth-order valence-electron chi connectivity index (χ4n) is 3.29. The van der Waals surface area contributed by atoms with Crippen molar-refractivity contribution in [3.8, 4) is 0 Å². The molecule has 2 amide bonds. The summed E-state index contributed by atoms with van der Waals surface area (Å²) in [6.07, 6.45) is 0.750. The topological polar surface area (TPSA) is 75.3 Å². The van der Waals surface area contributed by atoms with Crippen molar-refractivity contribution in [2.45, 2.75) is 25.8 Å². The maximum absolute atomic E-state index is 13.8. The van der Waals surface area contributed by atoms with Gasteiger partial charge in [0.05, 0.1) is 11.8 Å². The second kappa shape index (κ2) is 10.4. The number of rotatable bonds is 8. The molecular formula is C24H24F2N2O3S. The fourth-order valence-corrected chi connectivity index (χ4v) is 4.22. The lowest BCUT2D eigenvalue weighted by atomic mass is 9.97.